The molecule has 0 saturated carbocycles. The van der Waals surface area contributed by atoms with Crippen molar-refractivity contribution < 1.29 is 14.4 Å². The fraction of sp³-hybridized carbons (Fsp3) is 0.353. The van der Waals surface area contributed by atoms with Gasteiger partial charge in [0.1, 0.15) is 5.54 Å². The first-order chi connectivity index (χ1) is 12.4. The summed E-state index contributed by atoms with van der Waals surface area (Å²) in [7, 11) is 0. The first kappa shape index (κ1) is 17.6. The lowest BCUT2D eigenvalue weighted by atomic mass is 10.1. The molecule has 1 aliphatic rings. The predicted octanol–water partition coefficient (Wildman–Crippen LogP) is 0.604. The largest absolute Gasteiger partial charge is 0.352 e. The number of nitrogens with one attached hydrogen (secondary N) is 2. The Kier molecular flexibility index (Phi) is 4.70. The van der Waals surface area contributed by atoms with E-state index in [1.165, 1.54) is 0 Å². The molecule has 1 saturated heterocycles. The van der Waals surface area contributed by atoms with Gasteiger partial charge in [-0.1, -0.05) is 6.07 Å². The van der Waals surface area contributed by atoms with Gasteiger partial charge in [0.2, 0.25) is 5.91 Å². The van der Waals surface area contributed by atoms with Crippen molar-refractivity contribution in [2.24, 2.45) is 0 Å². The van der Waals surface area contributed by atoms with Crippen LogP contribution in [0.4, 0.5) is 4.79 Å². The van der Waals surface area contributed by atoms with Crippen LogP contribution < -0.4 is 10.6 Å². The molecule has 0 aromatic carbocycles. The molecule has 9 heteroatoms. The Morgan fingerprint density at radius 3 is 2.73 bits per heavy atom. The Hall–Kier alpha value is -3.23. The summed E-state index contributed by atoms with van der Waals surface area (Å²) in [6.45, 7) is 3.57. The fourth-order valence-electron chi connectivity index (χ4n) is 2.69. The molecule has 1 fully saturated rings. The van der Waals surface area contributed by atoms with E-state index in [1.54, 1.807) is 49.3 Å². The summed E-state index contributed by atoms with van der Waals surface area (Å²) in [5, 5.41) is 9.52. The summed E-state index contributed by atoms with van der Waals surface area (Å²) in [5.41, 5.74) is -0.122. The van der Waals surface area contributed by atoms with Gasteiger partial charge >= 0.3 is 6.03 Å². The molecule has 2 aromatic rings. The number of pyridine rings is 1. The van der Waals surface area contributed by atoms with Gasteiger partial charge in [0, 0.05) is 43.7 Å². The maximum atomic E-state index is 12.1. The van der Waals surface area contributed by atoms with Crippen molar-refractivity contribution >= 4 is 17.8 Å². The number of carbonyl (C=O) groups is 3. The summed E-state index contributed by atoms with van der Waals surface area (Å²) >= 11 is 0. The van der Waals surface area contributed by atoms with Crippen molar-refractivity contribution in [2.45, 2.75) is 32.4 Å². The second kappa shape index (κ2) is 6.95. The van der Waals surface area contributed by atoms with Crippen molar-refractivity contribution in [1.82, 2.24) is 30.3 Å². The molecular formula is C17H20N6O3. The Bertz CT molecular complexity index is 831. The van der Waals surface area contributed by atoms with Gasteiger partial charge < -0.3 is 10.6 Å². The third-order valence-corrected chi connectivity index (χ3v) is 4.07. The summed E-state index contributed by atoms with van der Waals surface area (Å²) in [6, 6.07) is 4.95. The quantitative estimate of drug-likeness (QED) is 0.737. The van der Waals surface area contributed by atoms with Gasteiger partial charge in [-0.2, -0.15) is 5.10 Å². The van der Waals surface area contributed by atoms with Crippen LogP contribution in [0.1, 0.15) is 25.8 Å². The summed E-state index contributed by atoms with van der Waals surface area (Å²) in [6.07, 6.45) is 5.11. The van der Waals surface area contributed by atoms with Crippen LogP contribution >= 0.6 is 0 Å². The predicted molar refractivity (Wildman–Crippen MR) is 92.1 cm³/mol. The van der Waals surface area contributed by atoms with Crippen LogP contribution in [-0.4, -0.2) is 49.6 Å². The van der Waals surface area contributed by atoms with Crippen LogP contribution in [0.3, 0.4) is 0 Å². The third kappa shape index (κ3) is 3.56. The van der Waals surface area contributed by atoms with E-state index in [1.807, 2.05) is 6.07 Å². The van der Waals surface area contributed by atoms with E-state index in [0.29, 0.717) is 5.82 Å². The van der Waals surface area contributed by atoms with Gasteiger partial charge in [0.15, 0.2) is 5.82 Å². The number of hydrogen-bond donors (Lipinski definition) is 2. The first-order valence-corrected chi connectivity index (χ1v) is 8.23. The molecule has 3 heterocycles. The Labute approximate surface area is 150 Å². The minimum Gasteiger partial charge on any atom is -0.352 e. The number of amides is 4. The van der Waals surface area contributed by atoms with Gasteiger partial charge in [-0.15, -0.1) is 0 Å². The zero-order valence-corrected chi connectivity index (χ0v) is 14.6. The molecule has 1 aliphatic heterocycles. The summed E-state index contributed by atoms with van der Waals surface area (Å²) < 4.78 is 1.62. The van der Waals surface area contributed by atoms with Crippen LogP contribution in [0.2, 0.25) is 0 Å². The van der Waals surface area contributed by atoms with Gasteiger partial charge in [0.25, 0.3) is 5.91 Å². The number of hydrogen-bond acceptors (Lipinski definition) is 5. The van der Waals surface area contributed by atoms with Crippen LogP contribution in [-0.2, 0) is 16.1 Å². The molecule has 0 atom stereocenters. The van der Waals surface area contributed by atoms with E-state index >= 15 is 0 Å². The Morgan fingerprint density at radius 2 is 2.08 bits per heavy atom. The van der Waals surface area contributed by atoms with E-state index in [2.05, 4.69) is 20.7 Å². The van der Waals surface area contributed by atoms with Crippen molar-refractivity contribution in [1.29, 1.82) is 0 Å². The van der Waals surface area contributed by atoms with Crippen molar-refractivity contribution in [2.75, 3.05) is 6.54 Å². The maximum Gasteiger partial charge on any atom is 0.325 e. The molecule has 3 rings (SSSR count). The van der Waals surface area contributed by atoms with Crippen LogP contribution in [0.25, 0.3) is 5.82 Å². The fourth-order valence-corrected chi connectivity index (χ4v) is 2.69. The highest BCUT2D eigenvalue weighted by molar-refractivity contribution is 6.06. The lowest BCUT2D eigenvalue weighted by Gasteiger charge is -2.16. The number of aromatic nitrogens is 3. The number of rotatable bonds is 6. The average molecular weight is 356 g/mol. The van der Waals surface area contributed by atoms with Crippen molar-refractivity contribution in [3.63, 3.8) is 0 Å². The Morgan fingerprint density at radius 1 is 1.27 bits per heavy atom. The molecule has 4 amide bonds. The monoisotopic (exact) mass is 356 g/mol. The molecule has 9 nitrogen and oxygen atoms in total. The highest BCUT2D eigenvalue weighted by Gasteiger charge is 2.43. The summed E-state index contributed by atoms with van der Waals surface area (Å²) in [4.78, 5) is 41.4. The normalized spacial score (nSPS) is 15.8. The van der Waals surface area contributed by atoms with E-state index in [4.69, 9.17) is 0 Å². The third-order valence-electron chi connectivity index (χ3n) is 4.07. The maximum absolute atomic E-state index is 12.1. The standard InChI is InChI=1S/C17H20N6O3/c1-17(2)15(25)22(16(26)21-17)10-6-13(24)19-11-12-5-3-7-18-14(12)23-9-4-8-20-23/h3-5,7-9H,6,10-11H2,1-2H3,(H,19,24)(H,21,26). The van der Waals surface area contributed by atoms with E-state index in [-0.39, 0.29) is 31.3 Å². The Balaban J connectivity index is 1.56. The molecule has 0 unspecified atom stereocenters. The molecule has 0 bridgehead atoms. The van der Waals surface area contributed by atoms with Crippen molar-refractivity contribution in [3.8, 4) is 5.82 Å². The number of urea groups is 1. The number of imide groups is 1. The second-order valence-corrected chi connectivity index (χ2v) is 6.48. The lowest BCUT2D eigenvalue weighted by Crippen LogP contribution is -2.40. The van der Waals surface area contributed by atoms with Gasteiger partial charge in [-0.3, -0.25) is 14.5 Å². The lowest BCUT2D eigenvalue weighted by molar-refractivity contribution is -0.130. The average Bonchev–Trinajstić information content (AvgIpc) is 3.19. The molecule has 26 heavy (non-hydrogen) atoms. The molecule has 0 aliphatic carbocycles. The minimum absolute atomic E-state index is 0.0343. The van der Waals surface area contributed by atoms with Crippen LogP contribution in [0.5, 0.6) is 0 Å². The topological polar surface area (TPSA) is 109 Å². The number of carbonyl (C=O) groups excluding carboxylic acids is 3. The van der Waals surface area contributed by atoms with E-state index < -0.39 is 11.6 Å². The minimum atomic E-state index is -0.929. The zero-order chi connectivity index (χ0) is 18.7. The smallest absolute Gasteiger partial charge is 0.325 e. The SMILES string of the molecule is CC1(C)NC(=O)N(CCC(=O)NCc2cccnc2-n2cccn2)C1=O. The van der Waals surface area contributed by atoms with Gasteiger partial charge in [-0.25, -0.2) is 14.5 Å². The zero-order valence-electron chi connectivity index (χ0n) is 14.6. The summed E-state index contributed by atoms with van der Waals surface area (Å²) in [5.74, 6) is 0.0442. The van der Waals surface area contributed by atoms with E-state index in [0.717, 1.165) is 10.5 Å². The van der Waals surface area contributed by atoms with Crippen LogP contribution in [0.15, 0.2) is 36.8 Å². The highest BCUT2D eigenvalue weighted by atomic mass is 16.2. The molecule has 0 spiro atoms. The number of nitrogens with zero attached hydrogens (tertiary/aromatic N) is 4. The molecule has 2 aromatic heterocycles. The van der Waals surface area contributed by atoms with Crippen LogP contribution in [0, 0.1) is 0 Å². The molecule has 136 valence electrons. The second-order valence-electron chi connectivity index (χ2n) is 6.48. The molecule has 2 N–H and O–H groups in total. The highest BCUT2D eigenvalue weighted by Crippen LogP contribution is 2.16. The molecular weight excluding hydrogens is 336 g/mol. The van der Waals surface area contributed by atoms with Gasteiger partial charge in [0.05, 0.1) is 0 Å². The van der Waals surface area contributed by atoms with Gasteiger partial charge in [-0.05, 0) is 26.0 Å². The van der Waals surface area contributed by atoms with E-state index in [9.17, 15) is 14.4 Å². The molecule has 0 radical (unpaired) electrons. The first-order valence-electron chi connectivity index (χ1n) is 8.23. The van der Waals surface area contributed by atoms with Crippen molar-refractivity contribution in [3.05, 3.63) is 42.4 Å².